The van der Waals surface area contributed by atoms with Crippen molar-refractivity contribution in [3.05, 3.63) is 0 Å². The first-order chi connectivity index (χ1) is 9.40. The van der Waals surface area contributed by atoms with Crippen molar-refractivity contribution in [1.82, 2.24) is 15.1 Å². The van der Waals surface area contributed by atoms with Gasteiger partial charge in [-0.25, -0.2) is 4.79 Å². The lowest BCUT2D eigenvalue weighted by Gasteiger charge is -2.34. The number of hydrogen-bond acceptors (Lipinski definition) is 3. The quantitative estimate of drug-likeness (QED) is 0.820. The SMILES string of the molecule is CCN(CC(C)(C)O)C(=O)NC1CCN2CCCCC12. The van der Waals surface area contributed by atoms with Crippen LogP contribution >= 0.6 is 0 Å². The summed E-state index contributed by atoms with van der Waals surface area (Å²) in [7, 11) is 0. The Hall–Kier alpha value is -0.810. The van der Waals surface area contributed by atoms with Gasteiger partial charge in [0.1, 0.15) is 0 Å². The highest BCUT2D eigenvalue weighted by molar-refractivity contribution is 5.74. The van der Waals surface area contributed by atoms with Crippen LogP contribution in [0.25, 0.3) is 0 Å². The fraction of sp³-hybridized carbons (Fsp3) is 0.933. The molecule has 116 valence electrons. The summed E-state index contributed by atoms with van der Waals surface area (Å²) in [5, 5.41) is 13.1. The Balaban J connectivity index is 1.90. The summed E-state index contributed by atoms with van der Waals surface area (Å²) >= 11 is 0. The zero-order valence-electron chi connectivity index (χ0n) is 13.1. The number of urea groups is 1. The molecule has 2 unspecified atom stereocenters. The zero-order valence-corrected chi connectivity index (χ0v) is 13.1. The molecule has 0 saturated carbocycles. The Kier molecular flexibility index (Phi) is 4.91. The molecule has 2 fully saturated rings. The Labute approximate surface area is 122 Å². The zero-order chi connectivity index (χ0) is 14.8. The van der Waals surface area contributed by atoms with E-state index in [0.29, 0.717) is 19.1 Å². The summed E-state index contributed by atoms with van der Waals surface area (Å²) in [5.74, 6) is 0. The van der Waals surface area contributed by atoms with Gasteiger partial charge in [0.2, 0.25) is 0 Å². The Morgan fingerprint density at radius 1 is 1.35 bits per heavy atom. The number of nitrogens with zero attached hydrogens (tertiary/aromatic N) is 2. The molecule has 0 aromatic carbocycles. The first-order valence-electron chi connectivity index (χ1n) is 7.92. The minimum atomic E-state index is -0.847. The average molecular weight is 283 g/mol. The van der Waals surface area contributed by atoms with Gasteiger partial charge < -0.3 is 15.3 Å². The number of rotatable bonds is 4. The third kappa shape index (κ3) is 3.85. The second-order valence-electron chi connectivity index (χ2n) is 6.77. The first-order valence-corrected chi connectivity index (χ1v) is 7.92. The molecule has 2 aliphatic heterocycles. The van der Waals surface area contributed by atoms with Crippen molar-refractivity contribution < 1.29 is 9.90 Å². The number of aliphatic hydroxyl groups is 1. The number of amides is 2. The molecule has 5 nitrogen and oxygen atoms in total. The number of fused-ring (bicyclic) bond motifs is 1. The predicted molar refractivity (Wildman–Crippen MR) is 79.7 cm³/mol. The fourth-order valence-corrected chi connectivity index (χ4v) is 3.46. The lowest BCUT2D eigenvalue weighted by molar-refractivity contribution is 0.0471. The van der Waals surface area contributed by atoms with Gasteiger partial charge in [0, 0.05) is 25.2 Å². The molecule has 0 aromatic heterocycles. The maximum atomic E-state index is 12.4. The molecule has 2 saturated heterocycles. The molecule has 2 heterocycles. The maximum Gasteiger partial charge on any atom is 0.317 e. The summed E-state index contributed by atoms with van der Waals surface area (Å²) in [6.45, 7) is 8.70. The van der Waals surface area contributed by atoms with Crippen LogP contribution in [0.1, 0.15) is 46.5 Å². The standard InChI is InChI=1S/C15H29N3O2/c1-4-17(11-15(2,3)20)14(19)16-12-8-10-18-9-6-5-7-13(12)18/h12-13,20H,4-11H2,1-3H3,(H,16,19). The van der Waals surface area contributed by atoms with Gasteiger partial charge in [0.15, 0.2) is 0 Å². The highest BCUT2D eigenvalue weighted by Crippen LogP contribution is 2.27. The second-order valence-corrected chi connectivity index (χ2v) is 6.77. The van der Waals surface area contributed by atoms with Crippen molar-refractivity contribution in [3.8, 4) is 0 Å². The van der Waals surface area contributed by atoms with E-state index in [4.69, 9.17) is 0 Å². The van der Waals surface area contributed by atoms with Crippen LogP contribution in [0.15, 0.2) is 0 Å². The minimum Gasteiger partial charge on any atom is -0.389 e. The molecule has 2 aliphatic rings. The van der Waals surface area contributed by atoms with E-state index in [0.717, 1.165) is 13.0 Å². The van der Waals surface area contributed by atoms with E-state index < -0.39 is 5.60 Å². The van der Waals surface area contributed by atoms with Crippen molar-refractivity contribution in [2.24, 2.45) is 0 Å². The molecular weight excluding hydrogens is 254 g/mol. The lowest BCUT2D eigenvalue weighted by atomic mass is 9.99. The normalized spacial score (nSPS) is 27.2. The largest absolute Gasteiger partial charge is 0.389 e. The highest BCUT2D eigenvalue weighted by atomic mass is 16.3. The molecule has 5 heteroatoms. The summed E-state index contributed by atoms with van der Waals surface area (Å²) in [5.41, 5.74) is -0.847. The lowest BCUT2D eigenvalue weighted by Crippen LogP contribution is -2.53. The summed E-state index contributed by atoms with van der Waals surface area (Å²) < 4.78 is 0. The van der Waals surface area contributed by atoms with E-state index in [1.165, 1.54) is 25.8 Å². The highest BCUT2D eigenvalue weighted by Gasteiger charge is 2.37. The molecule has 0 aliphatic carbocycles. The molecule has 0 aromatic rings. The topological polar surface area (TPSA) is 55.8 Å². The Bertz CT molecular complexity index is 341. The van der Waals surface area contributed by atoms with Gasteiger partial charge in [-0.1, -0.05) is 6.42 Å². The van der Waals surface area contributed by atoms with Crippen molar-refractivity contribution in [3.63, 3.8) is 0 Å². The average Bonchev–Trinajstić information content (AvgIpc) is 2.78. The van der Waals surface area contributed by atoms with Crippen LogP contribution in [0.2, 0.25) is 0 Å². The minimum absolute atomic E-state index is 0.0351. The van der Waals surface area contributed by atoms with Gasteiger partial charge in [-0.3, -0.25) is 4.90 Å². The molecule has 2 atom stereocenters. The maximum absolute atomic E-state index is 12.4. The van der Waals surface area contributed by atoms with Crippen LogP contribution in [-0.2, 0) is 0 Å². The van der Waals surface area contributed by atoms with Gasteiger partial charge in [0.25, 0.3) is 0 Å². The van der Waals surface area contributed by atoms with Gasteiger partial charge in [-0.15, -0.1) is 0 Å². The number of likely N-dealkylation sites (N-methyl/N-ethyl adjacent to an activating group) is 1. The summed E-state index contributed by atoms with van der Waals surface area (Å²) in [6, 6.07) is 0.763. The molecular formula is C15H29N3O2. The number of piperidine rings is 1. The number of hydrogen-bond donors (Lipinski definition) is 2. The predicted octanol–water partition coefficient (Wildman–Crippen LogP) is 1.42. The molecule has 2 N–H and O–H groups in total. The first kappa shape index (κ1) is 15.6. The van der Waals surface area contributed by atoms with Gasteiger partial charge >= 0.3 is 6.03 Å². The van der Waals surface area contributed by atoms with E-state index in [-0.39, 0.29) is 12.1 Å². The van der Waals surface area contributed by atoms with Crippen molar-refractivity contribution in [2.45, 2.75) is 64.1 Å². The Morgan fingerprint density at radius 3 is 2.75 bits per heavy atom. The van der Waals surface area contributed by atoms with Gasteiger partial charge in [0.05, 0.1) is 12.1 Å². The molecule has 20 heavy (non-hydrogen) atoms. The molecule has 0 spiro atoms. The molecule has 2 amide bonds. The van der Waals surface area contributed by atoms with E-state index in [2.05, 4.69) is 10.2 Å². The Morgan fingerprint density at radius 2 is 2.10 bits per heavy atom. The van der Waals surface area contributed by atoms with Crippen LogP contribution in [0.3, 0.4) is 0 Å². The van der Waals surface area contributed by atoms with Gasteiger partial charge in [-0.2, -0.15) is 0 Å². The molecule has 0 radical (unpaired) electrons. The number of carbonyl (C=O) groups is 1. The van der Waals surface area contributed by atoms with Crippen LogP contribution in [-0.4, -0.2) is 64.8 Å². The summed E-state index contributed by atoms with van der Waals surface area (Å²) in [4.78, 5) is 16.6. The second kappa shape index (κ2) is 6.31. The van der Waals surface area contributed by atoms with Crippen molar-refractivity contribution in [1.29, 1.82) is 0 Å². The molecule has 0 bridgehead atoms. The van der Waals surface area contributed by atoms with Crippen molar-refractivity contribution in [2.75, 3.05) is 26.2 Å². The van der Waals surface area contributed by atoms with Crippen LogP contribution in [0.5, 0.6) is 0 Å². The molecule has 2 rings (SSSR count). The summed E-state index contributed by atoms with van der Waals surface area (Å²) in [6.07, 6.45) is 4.81. The number of nitrogens with one attached hydrogen (secondary N) is 1. The van der Waals surface area contributed by atoms with E-state index >= 15 is 0 Å². The third-order valence-corrected chi connectivity index (χ3v) is 4.41. The van der Waals surface area contributed by atoms with E-state index in [1.54, 1.807) is 18.7 Å². The van der Waals surface area contributed by atoms with E-state index in [1.807, 2.05) is 6.92 Å². The number of carbonyl (C=O) groups excluding carboxylic acids is 1. The fourth-order valence-electron chi connectivity index (χ4n) is 3.46. The van der Waals surface area contributed by atoms with Gasteiger partial charge in [-0.05, 0) is 46.6 Å². The van der Waals surface area contributed by atoms with Crippen LogP contribution in [0, 0.1) is 0 Å². The van der Waals surface area contributed by atoms with Crippen LogP contribution in [0.4, 0.5) is 4.79 Å². The van der Waals surface area contributed by atoms with E-state index in [9.17, 15) is 9.90 Å². The monoisotopic (exact) mass is 283 g/mol. The van der Waals surface area contributed by atoms with Crippen LogP contribution < -0.4 is 5.32 Å². The van der Waals surface area contributed by atoms with Crippen molar-refractivity contribution >= 4 is 6.03 Å². The third-order valence-electron chi connectivity index (χ3n) is 4.41. The smallest absolute Gasteiger partial charge is 0.317 e.